The fraction of sp³-hybridized carbons (Fsp3) is 0.579. The Balaban J connectivity index is 1.60. The molecule has 0 saturated carbocycles. The number of aromatic nitrogens is 3. The molecule has 3 rings (SSSR count). The summed E-state index contributed by atoms with van der Waals surface area (Å²) in [5, 5.41) is 9.87. The topological polar surface area (TPSA) is 52.4 Å². The van der Waals surface area contributed by atoms with E-state index in [0.717, 1.165) is 55.5 Å². The van der Waals surface area contributed by atoms with Crippen LogP contribution in [0.4, 0.5) is 5.95 Å². The molecule has 0 radical (unpaired) electrons. The smallest absolute Gasteiger partial charge is 0.228 e. The summed E-state index contributed by atoms with van der Waals surface area (Å²) in [4.78, 5) is 2.27. The van der Waals surface area contributed by atoms with E-state index in [-0.39, 0.29) is 0 Å². The summed E-state index contributed by atoms with van der Waals surface area (Å²) in [5.41, 5.74) is 1.21. The van der Waals surface area contributed by atoms with Crippen LogP contribution in [0.25, 0.3) is 0 Å². The molecule has 0 N–H and O–H groups in total. The average Bonchev–Trinajstić information content (AvgIpc) is 3.01. The van der Waals surface area contributed by atoms with Crippen LogP contribution in [0.5, 0.6) is 5.75 Å². The van der Waals surface area contributed by atoms with Crippen molar-refractivity contribution in [1.82, 2.24) is 14.8 Å². The summed E-state index contributed by atoms with van der Waals surface area (Å²) in [6.45, 7) is 11.3. The lowest BCUT2D eigenvalue weighted by Crippen LogP contribution is -2.38. The third kappa shape index (κ3) is 5.14. The molecule has 1 aliphatic heterocycles. The van der Waals surface area contributed by atoms with Gasteiger partial charge in [-0.15, -0.1) is 10.2 Å². The van der Waals surface area contributed by atoms with Crippen LogP contribution >= 0.6 is 11.8 Å². The number of hydrogen-bond acceptors (Lipinski definition) is 6. The molecule has 0 spiro atoms. The molecule has 2 aromatic rings. The maximum absolute atomic E-state index is 5.85. The van der Waals surface area contributed by atoms with E-state index in [1.165, 1.54) is 5.56 Å². The van der Waals surface area contributed by atoms with Gasteiger partial charge in [-0.25, -0.2) is 0 Å². The van der Waals surface area contributed by atoms with E-state index in [2.05, 4.69) is 52.6 Å². The van der Waals surface area contributed by atoms with Gasteiger partial charge in [-0.05, 0) is 30.5 Å². The number of nitrogens with zero attached hydrogens (tertiary/aromatic N) is 4. The number of hydrogen-bond donors (Lipinski definition) is 0. The molecule has 142 valence electrons. The molecular formula is C19H28N4O2S. The molecule has 0 aliphatic carbocycles. The Hall–Kier alpha value is -1.73. The van der Waals surface area contributed by atoms with Crippen LogP contribution in [0.1, 0.15) is 19.4 Å². The monoisotopic (exact) mass is 376 g/mol. The zero-order valence-electron chi connectivity index (χ0n) is 15.9. The Kier molecular flexibility index (Phi) is 6.80. The first kappa shape index (κ1) is 19.0. The predicted octanol–water partition coefficient (Wildman–Crippen LogP) is 3.25. The molecule has 2 heterocycles. The van der Waals surface area contributed by atoms with Gasteiger partial charge in [0.05, 0.1) is 19.8 Å². The summed E-state index contributed by atoms with van der Waals surface area (Å²) in [5.74, 6) is 3.26. The predicted molar refractivity (Wildman–Crippen MR) is 105 cm³/mol. The lowest BCUT2D eigenvalue weighted by Gasteiger charge is -2.28. The first-order chi connectivity index (χ1) is 12.6. The Morgan fingerprint density at radius 1 is 1.23 bits per heavy atom. The second kappa shape index (κ2) is 9.28. The molecule has 0 unspecified atom stereocenters. The van der Waals surface area contributed by atoms with Crippen LogP contribution in [-0.4, -0.2) is 53.4 Å². The highest BCUT2D eigenvalue weighted by molar-refractivity contribution is 7.99. The number of thioether (sulfide) groups is 1. The number of ether oxygens (including phenoxy) is 2. The number of rotatable bonds is 8. The molecule has 1 fully saturated rings. The van der Waals surface area contributed by atoms with Crippen molar-refractivity contribution in [2.45, 2.75) is 32.5 Å². The molecular weight excluding hydrogens is 348 g/mol. The van der Waals surface area contributed by atoms with Crippen LogP contribution < -0.4 is 9.64 Å². The second-order valence-electron chi connectivity index (χ2n) is 6.90. The van der Waals surface area contributed by atoms with E-state index in [9.17, 15) is 0 Å². The highest BCUT2D eigenvalue weighted by Crippen LogP contribution is 2.24. The van der Waals surface area contributed by atoms with Gasteiger partial charge >= 0.3 is 0 Å². The van der Waals surface area contributed by atoms with Crippen molar-refractivity contribution in [3.8, 4) is 5.75 Å². The van der Waals surface area contributed by atoms with E-state index in [0.29, 0.717) is 12.5 Å². The number of benzene rings is 1. The normalized spacial score (nSPS) is 14.8. The van der Waals surface area contributed by atoms with E-state index < -0.39 is 0 Å². The van der Waals surface area contributed by atoms with Crippen LogP contribution in [0, 0.1) is 12.8 Å². The van der Waals surface area contributed by atoms with E-state index in [4.69, 9.17) is 9.47 Å². The summed E-state index contributed by atoms with van der Waals surface area (Å²) in [6, 6.07) is 8.15. The van der Waals surface area contributed by atoms with Gasteiger partial charge in [0, 0.05) is 25.4 Å². The number of aryl methyl sites for hydroxylation is 1. The minimum atomic E-state index is 0.536. The van der Waals surface area contributed by atoms with Gasteiger partial charge < -0.3 is 14.4 Å². The fourth-order valence-electron chi connectivity index (χ4n) is 2.91. The third-order valence-electron chi connectivity index (χ3n) is 4.11. The fourth-order valence-corrected chi connectivity index (χ4v) is 3.67. The summed E-state index contributed by atoms with van der Waals surface area (Å²) in [6.07, 6.45) is 0. The van der Waals surface area contributed by atoms with Crippen molar-refractivity contribution < 1.29 is 9.47 Å². The molecule has 6 nitrogen and oxygen atoms in total. The molecule has 1 aromatic carbocycles. The van der Waals surface area contributed by atoms with Gasteiger partial charge in [0.25, 0.3) is 0 Å². The maximum atomic E-state index is 5.85. The first-order valence-electron chi connectivity index (χ1n) is 9.21. The first-order valence-corrected chi connectivity index (χ1v) is 10.2. The van der Waals surface area contributed by atoms with Crippen molar-refractivity contribution in [2.24, 2.45) is 5.92 Å². The van der Waals surface area contributed by atoms with Gasteiger partial charge in [0.15, 0.2) is 5.16 Å². The minimum absolute atomic E-state index is 0.536. The van der Waals surface area contributed by atoms with Crippen molar-refractivity contribution in [1.29, 1.82) is 0 Å². The van der Waals surface area contributed by atoms with E-state index >= 15 is 0 Å². The zero-order valence-corrected chi connectivity index (χ0v) is 16.7. The standard InChI is InChI=1S/C19H28N4O2S/c1-15(2)14-23-18(22-7-9-24-10-8-22)20-21-19(23)26-12-11-25-17-6-4-5-16(3)13-17/h4-6,13,15H,7-12,14H2,1-3H3. The summed E-state index contributed by atoms with van der Waals surface area (Å²) in [7, 11) is 0. The van der Waals surface area contributed by atoms with Crippen molar-refractivity contribution in [3.63, 3.8) is 0 Å². The Morgan fingerprint density at radius 2 is 2.04 bits per heavy atom. The van der Waals surface area contributed by atoms with Gasteiger partial charge in [-0.2, -0.15) is 0 Å². The highest BCUT2D eigenvalue weighted by Gasteiger charge is 2.21. The SMILES string of the molecule is Cc1cccc(OCCSc2nnc(N3CCOCC3)n2CC(C)C)c1. The highest BCUT2D eigenvalue weighted by atomic mass is 32.2. The van der Waals surface area contributed by atoms with Gasteiger partial charge in [-0.1, -0.05) is 37.7 Å². The largest absolute Gasteiger partial charge is 0.493 e. The van der Waals surface area contributed by atoms with Gasteiger partial charge in [0.2, 0.25) is 5.95 Å². The van der Waals surface area contributed by atoms with Crippen LogP contribution in [0.2, 0.25) is 0 Å². The summed E-state index contributed by atoms with van der Waals surface area (Å²) >= 11 is 1.70. The lowest BCUT2D eigenvalue weighted by atomic mass is 10.2. The van der Waals surface area contributed by atoms with Crippen LogP contribution in [-0.2, 0) is 11.3 Å². The van der Waals surface area contributed by atoms with Crippen molar-refractivity contribution in [2.75, 3.05) is 43.6 Å². The number of morpholine rings is 1. The molecule has 1 aliphatic rings. The molecule has 7 heteroatoms. The van der Waals surface area contributed by atoms with Crippen molar-refractivity contribution >= 4 is 17.7 Å². The van der Waals surface area contributed by atoms with E-state index in [1.807, 2.05) is 12.1 Å². The maximum Gasteiger partial charge on any atom is 0.228 e. The molecule has 0 atom stereocenters. The number of anilines is 1. The van der Waals surface area contributed by atoms with Crippen LogP contribution in [0.3, 0.4) is 0 Å². The Labute approximate surface area is 159 Å². The van der Waals surface area contributed by atoms with Crippen molar-refractivity contribution in [3.05, 3.63) is 29.8 Å². The van der Waals surface area contributed by atoms with E-state index in [1.54, 1.807) is 11.8 Å². The van der Waals surface area contributed by atoms with Gasteiger partial charge in [0.1, 0.15) is 5.75 Å². The van der Waals surface area contributed by atoms with Gasteiger partial charge in [-0.3, -0.25) is 4.57 Å². The summed E-state index contributed by atoms with van der Waals surface area (Å²) < 4.78 is 13.5. The molecule has 26 heavy (non-hydrogen) atoms. The third-order valence-corrected chi connectivity index (χ3v) is 5.04. The minimum Gasteiger partial charge on any atom is -0.493 e. The lowest BCUT2D eigenvalue weighted by molar-refractivity contribution is 0.121. The quantitative estimate of drug-likeness (QED) is 0.521. The molecule has 1 saturated heterocycles. The Bertz CT molecular complexity index is 699. The average molecular weight is 377 g/mol. The van der Waals surface area contributed by atoms with Crippen LogP contribution in [0.15, 0.2) is 29.4 Å². The molecule has 1 aromatic heterocycles. The Morgan fingerprint density at radius 3 is 2.77 bits per heavy atom. The molecule has 0 amide bonds. The zero-order chi connectivity index (χ0) is 18.4. The molecule has 0 bridgehead atoms. The second-order valence-corrected chi connectivity index (χ2v) is 7.96.